The Morgan fingerprint density at radius 3 is 2.67 bits per heavy atom. The van der Waals surface area contributed by atoms with Crippen LogP contribution in [0, 0.1) is 0 Å². The highest BCUT2D eigenvalue weighted by atomic mass is 35.5. The van der Waals surface area contributed by atoms with E-state index in [0.717, 1.165) is 30.3 Å². The molecule has 0 saturated carbocycles. The Morgan fingerprint density at radius 2 is 2.05 bits per heavy atom. The fraction of sp³-hybridized carbons (Fsp3) is 0.647. The van der Waals surface area contributed by atoms with Gasteiger partial charge in [-0.1, -0.05) is 17.7 Å². The first-order chi connectivity index (χ1) is 9.76. The van der Waals surface area contributed by atoms with Gasteiger partial charge >= 0.3 is 0 Å². The molecule has 2 atom stereocenters. The predicted octanol–water partition coefficient (Wildman–Crippen LogP) is 3.84. The summed E-state index contributed by atoms with van der Waals surface area (Å²) in [6, 6.07) is 6.76. The summed E-state index contributed by atoms with van der Waals surface area (Å²) in [5.74, 6) is 0. The average Bonchev–Trinajstić information content (AvgIpc) is 2.39. The molecule has 1 aliphatic rings. The van der Waals surface area contributed by atoms with Crippen LogP contribution in [0.2, 0.25) is 5.02 Å². The summed E-state index contributed by atoms with van der Waals surface area (Å²) in [5, 5.41) is 4.31. The highest BCUT2D eigenvalue weighted by Gasteiger charge is 2.24. The van der Waals surface area contributed by atoms with Crippen LogP contribution < -0.4 is 10.2 Å². The van der Waals surface area contributed by atoms with Crippen molar-refractivity contribution >= 4 is 17.3 Å². The Kier molecular flexibility index (Phi) is 5.18. The number of hydrogen-bond acceptors (Lipinski definition) is 3. The number of nitrogens with one attached hydrogen (secondary N) is 1. The molecule has 2 unspecified atom stereocenters. The minimum absolute atomic E-state index is 0.0934. The third-order valence-corrected chi connectivity index (χ3v) is 4.14. The maximum absolute atomic E-state index is 6.46. The third kappa shape index (κ3) is 4.60. The molecule has 0 aliphatic carbocycles. The summed E-state index contributed by atoms with van der Waals surface area (Å²) in [4.78, 5) is 2.38. The number of anilines is 1. The fourth-order valence-corrected chi connectivity index (χ4v) is 2.72. The van der Waals surface area contributed by atoms with Crippen molar-refractivity contribution in [3.05, 3.63) is 28.8 Å². The van der Waals surface area contributed by atoms with Gasteiger partial charge in [0.25, 0.3) is 0 Å². The monoisotopic (exact) mass is 310 g/mol. The zero-order valence-electron chi connectivity index (χ0n) is 13.7. The van der Waals surface area contributed by atoms with Crippen LogP contribution in [0.25, 0.3) is 0 Å². The van der Waals surface area contributed by atoms with Crippen molar-refractivity contribution in [3.8, 4) is 0 Å². The van der Waals surface area contributed by atoms with Gasteiger partial charge in [0.15, 0.2) is 0 Å². The number of halogens is 1. The van der Waals surface area contributed by atoms with Crippen LogP contribution >= 0.6 is 11.6 Å². The van der Waals surface area contributed by atoms with Gasteiger partial charge in [-0.05, 0) is 52.3 Å². The molecule has 0 bridgehead atoms. The van der Waals surface area contributed by atoms with E-state index in [1.54, 1.807) is 0 Å². The van der Waals surface area contributed by atoms with E-state index in [4.69, 9.17) is 16.3 Å². The molecule has 1 aromatic carbocycles. The maximum Gasteiger partial charge on any atom is 0.0723 e. The molecule has 4 heteroatoms. The molecule has 21 heavy (non-hydrogen) atoms. The van der Waals surface area contributed by atoms with Crippen LogP contribution in [0.4, 0.5) is 5.69 Å². The van der Waals surface area contributed by atoms with Crippen molar-refractivity contribution < 1.29 is 4.74 Å². The molecule has 1 aliphatic heterocycles. The second-order valence-corrected chi connectivity index (χ2v) is 7.43. The number of ether oxygens (including phenoxy) is 1. The molecule has 1 saturated heterocycles. The first-order valence-corrected chi connectivity index (χ1v) is 8.06. The predicted molar refractivity (Wildman–Crippen MR) is 90.3 cm³/mol. The summed E-state index contributed by atoms with van der Waals surface area (Å²) in [5.41, 5.74) is 2.42. The zero-order valence-corrected chi connectivity index (χ0v) is 14.5. The number of hydrogen-bond donors (Lipinski definition) is 1. The van der Waals surface area contributed by atoms with E-state index in [0.29, 0.717) is 6.04 Å². The van der Waals surface area contributed by atoms with E-state index < -0.39 is 0 Å². The van der Waals surface area contributed by atoms with Crippen LogP contribution in [0.3, 0.4) is 0 Å². The topological polar surface area (TPSA) is 24.5 Å². The second kappa shape index (κ2) is 6.55. The van der Waals surface area contributed by atoms with E-state index in [2.05, 4.69) is 63.0 Å². The summed E-state index contributed by atoms with van der Waals surface area (Å²) in [6.07, 6.45) is 0.266. The Hall–Kier alpha value is -0.770. The summed E-state index contributed by atoms with van der Waals surface area (Å²) in [7, 11) is 0. The average molecular weight is 311 g/mol. The van der Waals surface area contributed by atoms with Gasteiger partial charge in [-0.15, -0.1) is 0 Å². The molecule has 1 heterocycles. The summed E-state index contributed by atoms with van der Waals surface area (Å²) in [6.45, 7) is 13.3. The third-order valence-electron chi connectivity index (χ3n) is 3.79. The van der Waals surface area contributed by atoms with E-state index in [-0.39, 0.29) is 11.6 Å². The van der Waals surface area contributed by atoms with Gasteiger partial charge in [-0.3, -0.25) is 0 Å². The highest BCUT2D eigenvalue weighted by Crippen LogP contribution is 2.27. The van der Waals surface area contributed by atoms with Crippen molar-refractivity contribution in [2.24, 2.45) is 0 Å². The molecule has 2 rings (SSSR count). The quantitative estimate of drug-likeness (QED) is 0.918. The van der Waals surface area contributed by atoms with Crippen LogP contribution in [-0.4, -0.2) is 30.8 Å². The van der Waals surface area contributed by atoms with Crippen molar-refractivity contribution in [2.75, 3.05) is 18.1 Å². The van der Waals surface area contributed by atoms with Crippen molar-refractivity contribution in [3.63, 3.8) is 0 Å². The smallest absolute Gasteiger partial charge is 0.0723 e. The van der Waals surface area contributed by atoms with E-state index in [1.165, 1.54) is 5.69 Å². The van der Waals surface area contributed by atoms with Gasteiger partial charge in [0, 0.05) is 35.4 Å². The highest BCUT2D eigenvalue weighted by molar-refractivity contribution is 6.31. The first-order valence-electron chi connectivity index (χ1n) is 7.68. The molecule has 1 N–H and O–H groups in total. The van der Waals surface area contributed by atoms with Crippen molar-refractivity contribution in [2.45, 2.75) is 58.8 Å². The molecule has 3 nitrogen and oxygen atoms in total. The Morgan fingerprint density at radius 1 is 1.33 bits per heavy atom. The fourth-order valence-electron chi connectivity index (χ4n) is 2.48. The lowest BCUT2D eigenvalue weighted by Crippen LogP contribution is -2.47. The molecular formula is C17H27ClN2O. The molecule has 1 aromatic rings. The molecular weight excluding hydrogens is 284 g/mol. The van der Waals surface area contributed by atoms with Gasteiger partial charge < -0.3 is 15.0 Å². The van der Waals surface area contributed by atoms with Crippen molar-refractivity contribution in [1.82, 2.24) is 5.32 Å². The molecule has 0 spiro atoms. The number of benzene rings is 1. The number of rotatable bonds is 3. The molecule has 0 radical (unpaired) electrons. The lowest BCUT2D eigenvalue weighted by molar-refractivity contribution is 0.0344. The Labute approximate surface area is 133 Å². The number of morpholine rings is 1. The van der Waals surface area contributed by atoms with Crippen molar-refractivity contribution in [1.29, 1.82) is 0 Å². The van der Waals surface area contributed by atoms with E-state index >= 15 is 0 Å². The van der Waals surface area contributed by atoms with Gasteiger partial charge in [0.2, 0.25) is 0 Å². The minimum Gasteiger partial charge on any atom is -0.375 e. The Balaban J connectivity index is 2.11. The minimum atomic E-state index is 0.0934. The first kappa shape index (κ1) is 16.6. The molecule has 0 aromatic heterocycles. The van der Waals surface area contributed by atoms with E-state index in [9.17, 15) is 0 Å². The van der Waals surface area contributed by atoms with Crippen LogP contribution in [-0.2, 0) is 11.3 Å². The second-order valence-electron chi connectivity index (χ2n) is 7.02. The van der Waals surface area contributed by atoms with Gasteiger partial charge in [0.05, 0.1) is 12.7 Å². The SMILES string of the molecule is CC1CN(c2ccc(CNC(C)(C)C)c(Cl)c2)C(C)CO1. The zero-order chi connectivity index (χ0) is 15.6. The van der Waals surface area contributed by atoms with Gasteiger partial charge in [0.1, 0.15) is 0 Å². The molecule has 1 fully saturated rings. The van der Waals surface area contributed by atoms with Gasteiger partial charge in [-0.2, -0.15) is 0 Å². The van der Waals surface area contributed by atoms with Crippen LogP contribution in [0.15, 0.2) is 18.2 Å². The standard InChI is InChI=1S/C17H27ClN2O/c1-12-11-21-13(2)10-20(12)15-7-6-14(16(18)8-15)9-19-17(3,4)5/h6-8,12-13,19H,9-11H2,1-5H3. The largest absolute Gasteiger partial charge is 0.375 e. The summed E-state index contributed by atoms with van der Waals surface area (Å²) < 4.78 is 5.69. The Bertz CT molecular complexity index is 484. The lowest BCUT2D eigenvalue weighted by atomic mass is 10.1. The maximum atomic E-state index is 6.46. The molecule has 118 valence electrons. The lowest BCUT2D eigenvalue weighted by Gasteiger charge is -2.38. The summed E-state index contributed by atoms with van der Waals surface area (Å²) >= 11 is 6.46. The van der Waals surface area contributed by atoms with Gasteiger partial charge in [-0.25, -0.2) is 0 Å². The van der Waals surface area contributed by atoms with Crippen LogP contribution in [0.5, 0.6) is 0 Å². The number of nitrogens with zero attached hydrogens (tertiary/aromatic N) is 1. The van der Waals surface area contributed by atoms with Crippen LogP contribution in [0.1, 0.15) is 40.2 Å². The van der Waals surface area contributed by atoms with E-state index in [1.807, 2.05) is 0 Å². The molecule has 0 amide bonds. The normalized spacial score (nSPS) is 23.4.